The lowest BCUT2D eigenvalue weighted by molar-refractivity contribution is 0.279. The van der Waals surface area contributed by atoms with Gasteiger partial charge in [-0.2, -0.15) is 0 Å². The zero-order valence-electron chi connectivity index (χ0n) is 12.7. The van der Waals surface area contributed by atoms with Gasteiger partial charge in [-0.05, 0) is 30.3 Å². The predicted molar refractivity (Wildman–Crippen MR) is 88.8 cm³/mol. The lowest BCUT2D eigenvalue weighted by Crippen LogP contribution is -2.12. The molecule has 0 aliphatic rings. The maximum atomic E-state index is 13.6. The molecule has 0 spiro atoms. The fourth-order valence-electron chi connectivity index (χ4n) is 2.02. The van der Waals surface area contributed by atoms with E-state index in [2.05, 4.69) is 28.2 Å². The fraction of sp³-hybridized carbons (Fsp3) is 0.294. The normalized spacial score (nSPS) is 10.5. The van der Waals surface area contributed by atoms with Crippen molar-refractivity contribution < 1.29 is 13.9 Å². The van der Waals surface area contributed by atoms with E-state index in [1.165, 1.54) is 6.07 Å². The molecule has 0 bridgehead atoms. The maximum Gasteiger partial charge on any atom is 0.162 e. The molecule has 5 heteroatoms. The van der Waals surface area contributed by atoms with Gasteiger partial charge in [0.2, 0.25) is 0 Å². The molecule has 0 fully saturated rings. The van der Waals surface area contributed by atoms with E-state index >= 15 is 0 Å². The highest BCUT2D eigenvalue weighted by atomic mass is 79.9. The minimum Gasteiger partial charge on any atom is -0.493 e. The van der Waals surface area contributed by atoms with Crippen molar-refractivity contribution in [3.05, 3.63) is 57.8 Å². The lowest BCUT2D eigenvalue weighted by Gasteiger charge is -2.14. The first-order valence-corrected chi connectivity index (χ1v) is 7.88. The molecule has 0 saturated heterocycles. The molecule has 3 nitrogen and oxygen atoms in total. The molecule has 22 heavy (non-hydrogen) atoms. The summed E-state index contributed by atoms with van der Waals surface area (Å²) >= 11 is 3.53. The number of ether oxygens (including phenoxy) is 2. The molecule has 0 radical (unpaired) electrons. The van der Waals surface area contributed by atoms with E-state index in [9.17, 15) is 4.39 Å². The van der Waals surface area contributed by atoms with Crippen molar-refractivity contribution in [1.29, 1.82) is 0 Å². The van der Waals surface area contributed by atoms with Crippen LogP contribution in [0.5, 0.6) is 11.5 Å². The van der Waals surface area contributed by atoms with E-state index in [-0.39, 0.29) is 12.4 Å². The number of hydrogen-bond donors (Lipinski definition) is 1. The summed E-state index contributed by atoms with van der Waals surface area (Å²) in [5, 5.41) is 3.27. The van der Waals surface area contributed by atoms with Crippen LogP contribution in [0.2, 0.25) is 0 Å². The Bertz CT molecular complexity index is 634. The summed E-state index contributed by atoms with van der Waals surface area (Å²) in [7, 11) is 1.59. The maximum absolute atomic E-state index is 13.6. The Morgan fingerprint density at radius 1 is 1.14 bits per heavy atom. The molecule has 2 aromatic rings. The highest BCUT2D eigenvalue weighted by Gasteiger charge is 2.11. The Morgan fingerprint density at radius 3 is 2.59 bits per heavy atom. The van der Waals surface area contributed by atoms with E-state index in [1.807, 2.05) is 12.1 Å². The molecule has 0 heterocycles. The van der Waals surface area contributed by atoms with Crippen LogP contribution >= 0.6 is 15.9 Å². The van der Waals surface area contributed by atoms with E-state index in [1.54, 1.807) is 25.3 Å². The third-order valence-corrected chi connectivity index (χ3v) is 3.98. The number of hydrogen-bond acceptors (Lipinski definition) is 3. The molecule has 0 aliphatic carbocycles. The average molecular weight is 368 g/mol. The van der Waals surface area contributed by atoms with Crippen LogP contribution in [0.4, 0.5) is 4.39 Å². The number of nitrogens with one attached hydrogen (secondary N) is 1. The molecule has 2 rings (SSSR count). The lowest BCUT2D eigenvalue weighted by atomic mass is 10.2. The van der Waals surface area contributed by atoms with Crippen molar-refractivity contribution in [1.82, 2.24) is 5.32 Å². The SMILES string of the molecule is CCNCc1cc(OC)c(OCc2ccccc2F)cc1Br. The molecule has 0 aliphatic heterocycles. The van der Waals surface area contributed by atoms with Gasteiger partial charge in [-0.25, -0.2) is 4.39 Å². The van der Waals surface area contributed by atoms with E-state index < -0.39 is 0 Å². The third-order valence-electron chi connectivity index (χ3n) is 3.24. The van der Waals surface area contributed by atoms with Crippen molar-refractivity contribution in [2.24, 2.45) is 0 Å². The predicted octanol–water partition coefficient (Wildman–Crippen LogP) is 4.29. The molecule has 2 aromatic carbocycles. The number of benzene rings is 2. The van der Waals surface area contributed by atoms with Crippen molar-refractivity contribution in [2.75, 3.05) is 13.7 Å². The summed E-state index contributed by atoms with van der Waals surface area (Å²) in [6, 6.07) is 10.3. The van der Waals surface area contributed by atoms with Gasteiger partial charge in [0, 0.05) is 16.6 Å². The fourth-order valence-corrected chi connectivity index (χ4v) is 2.48. The van der Waals surface area contributed by atoms with Gasteiger partial charge in [0.25, 0.3) is 0 Å². The Hall–Kier alpha value is -1.59. The molecule has 0 aromatic heterocycles. The first-order valence-electron chi connectivity index (χ1n) is 7.09. The summed E-state index contributed by atoms with van der Waals surface area (Å²) < 4.78 is 25.6. The van der Waals surface area contributed by atoms with Crippen molar-refractivity contribution in [3.63, 3.8) is 0 Å². The Kier molecular flexibility index (Phi) is 6.21. The summed E-state index contributed by atoms with van der Waals surface area (Å²) in [5.41, 5.74) is 1.59. The van der Waals surface area contributed by atoms with E-state index in [0.717, 1.165) is 23.1 Å². The van der Waals surface area contributed by atoms with Gasteiger partial charge in [-0.1, -0.05) is 41.1 Å². The van der Waals surface area contributed by atoms with Gasteiger partial charge in [0.15, 0.2) is 11.5 Å². The van der Waals surface area contributed by atoms with Crippen molar-refractivity contribution in [2.45, 2.75) is 20.1 Å². The largest absolute Gasteiger partial charge is 0.493 e. The minimum absolute atomic E-state index is 0.155. The van der Waals surface area contributed by atoms with Gasteiger partial charge in [0.1, 0.15) is 12.4 Å². The highest BCUT2D eigenvalue weighted by molar-refractivity contribution is 9.10. The zero-order valence-corrected chi connectivity index (χ0v) is 14.2. The van der Waals surface area contributed by atoms with Crippen molar-refractivity contribution >= 4 is 15.9 Å². The quantitative estimate of drug-likeness (QED) is 0.791. The highest BCUT2D eigenvalue weighted by Crippen LogP contribution is 2.34. The van der Waals surface area contributed by atoms with Crippen molar-refractivity contribution in [3.8, 4) is 11.5 Å². The van der Waals surface area contributed by atoms with Crippen LogP contribution in [0.15, 0.2) is 40.9 Å². The number of halogens is 2. The molecule has 0 unspecified atom stereocenters. The number of methoxy groups -OCH3 is 1. The summed E-state index contributed by atoms with van der Waals surface area (Å²) in [6.45, 7) is 3.83. The Labute approximate surface area is 138 Å². The molecule has 0 saturated carbocycles. The molecule has 0 atom stereocenters. The second-order valence-electron chi connectivity index (χ2n) is 4.75. The second kappa shape index (κ2) is 8.15. The van der Waals surface area contributed by atoms with Crippen LogP contribution in [0.3, 0.4) is 0 Å². The van der Waals surface area contributed by atoms with E-state index in [4.69, 9.17) is 9.47 Å². The minimum atomic E-state index is -0.274. The summed E-state index contributed by atoms with van der Waals surface area (Å²) in [4.78, 5) is 0. The zero-order chi connectivity index (χ0) is 15.9. The van der Waals surface area contributed by atoms with Gasteiger partial charge in [-0.15, -0.1) is 0 Å². The topological polar surface area (TPSA) is 30.5 Å². The van der Waals surface area contributed by atoms with Gasteiger partial charge in [0.05, 0.1) is 7.11 Å². The molecule has 118 valence electrons. The first-order chi connectivity index (χ1) is 10.7. The van der Waals surface area contributed by atoms with Crippen LogP contribution in [-0.4, -0.2) is 13.7 Å². The average Bonchev–Trinajstić information content (AvgIpc) is 2.53. The van der Waals surface area contributed by atoms with Gasteiger partial charge in [-0.3, -0.25) is 0 Å². The Balaban J connectivity index is 2.16. The summed E-state index contributed by atoms with van der Waals surface area (Å²) in [6.07, 6.45) is 0. The van der Waals surface area contributed by atoms with Gasteiger partial charge >= 0.3 is 0 Å². The van der Waals surface area contributed by atoms with Crippen LogP contribution < -0.4 is 14.8 Å². The first kappa shape index (κ1) is 16.8. The standard InChI is InChI=1S/C17H19BrFNO2/c1-3-20-10-13-8-16(21-2)17(9-14(13)18)22-11-12-6-4-5-7-15(12)19/h4-9,20H,3,10-11H2,1-2H3. The molecular formula is C17H19BrFNO2. The smallest absolute Gasteiger partial charge is 0.162 e. The Morgan fingerprint density at radius 2 is 1.91 bits per heavy atom. The van der Waals surface area contributed by atoms with Crippen LogP contribution in [0.25, 0.3) is 0 Å². The monoisotopic (exact) mass is 367 g/mol. The van der Waals surface area contributed by atoms with Crippen LogP contribution in [0, 0.1) is 5.82 Å². The second-order valence-corrected chi connectivity index (χ2v) is 5.61. The van der Waals surface area contributed by atoms with Gasteiger partial charge < -0.3 is 14.8 Å². The van der Waals surface area contributed by atoms with Crippen LogP contribution in [0.1, 0.15) is 18.1 Å². The molecule has 0 amide bonds. The summed E-state index contributed by atoms with van der Waals surface area (Å²) in [5.74, 6) is 0.939. The third kappa shape index (κ3) is 4.21. The number of rotatable bonds is 7. The van der Waals surface area contributed by atoms with E-state index in [0.29, 0.717) is 17.1 Å². The molecular weight excluding hydrogens is 349 g/mol. The van der Waals surface area contributed by atoms with Crippen LogP contribution in [-0.2, 0) is 13.2 Å². The molecule has 1 N–H and O–H groups in total.